The maximum Gasteiger partial charge on any atom is 0.335 e. The highest BCUT2D eigenvalue weighted by atomic mass is 32.2. The molecule has 92 valence electrons. The van der Waals surface area contributed by atoms with E-state index in [0.717, 1.165) is 4.90 Å². The maximum absolute atomic E-state index is 11.2. The molecular formula is C12H15NO3S. The van der Waals surface area contributed by atoms with Crippen LogP contribution in [0.4, 0.5) is 0 Å². The van der Waals surface area contributed by atoms with Gasteiger partial charge in [-0.1, -0.05) is 6.07 Å². The maximum atomic E-state index is 11.2. The molecule has 0 bridgehead atoms. The SMILES string of the molecule is CCNC(=O)CCSc1cccc(C(=O)O)c1. The second-order valence-corrected chi connectivity index (χ2v) is 4.55. The zero-order valence-corrected chi connectivity index (χ0v) is 10.4. The van der Waals surface area contributed by atoms with Crippen LogP contribution in [-0.2, 0) is 4.79 Å². The molecule has 0 spiro atoms. The first-order valence-electron chi connectivity index (χ1n) is 5.36. The molecule has 0 fully saturated rings. The van der Waals surface area contributed by atoms with Crippen LogP contribution in [0.5, 0.6) is 0 Å². The number of nitrogens with one attached hydrogen (secondary N) is 1. The molecule has 0 radical (unpaired) electrons. The number of aromatic carboxylic acids is 1. The Morgan fingerprint density at radius 2 is 2.18 bits per heavy atom. The molecule has 0 saturated carbocycles. The Hall–Kier alpha value is -1.49. The van der Waals surface area contributed by atoms with Crippen LogP contribution in [0.1, 0.15) is 23.7 Å². The fourth-order valence-corrected chi connectivity index (χ4v) is 2.17. The molecule has 0 aliphatic heterocycles. The van der Waals surface area contributed by atoms with Crippen LogP contribution >= 0.6 is 11.8 Å². The monoisotopic (exact) mass is 253 g/mol. The van der Waals surface area contributed by atoms with Gasteiger partial charge in [0, 0.05) is 23.6 Å². The average Bonchev–Trinajstić information content (AvgIpc) is 2.30. The number of carbonyl (C=O) groups excluding carboxylic acids is 1. The number of carbonyl (C=O) groups is 2. The van der Waals surface area contributed by atoms with E-state index >= 15 is 0 Å². The molecule has 0 heterocycles. The summed E-state index contributed by atoms with van der Waals surface area (Å²) in [6.45, 7) is 2.51. The molecule has 0 aliphatic carbocycles. The third-order valence-corrected chi connectivity index (χ3v) is 3.05. The van der Waals surface area contributed by atoms with Gasteiger partial charge in [-0.15, -0.1) is 11.8 Å². The van der Waals surface area contributed by atoms with Crippen LogP contribution in [0.25, 0.3) is 0 Å². The summed E-state index contributed by atoms with van der Waals surface area (Å²) in [6.07, 6.45) is 0.440. The first-order chi connectivity index (χ1) is 8.13. The van der Waals surface area contributed by atoms with Gasteiger partial charge < -0.3 is 10.4 Å². The number of hydrogen-bond donors (Lipinski definition) is 2. The van der Waals surface area contributed by atoms with E-state index < -0.39 is 5.97 Å². The first-order valence-corrected chi connectivity index (χ1v) is 6.35. The van der Waals surface area contributed by atoms with Crippen molar-refractivity contribution in [1.82, 2.24) is 5.32 Å². The quantitative estimate of drug-likeness (QED) is 0.761. The minimum atomic E-state index is -0.934. The van der Waals surface area contributed by atoms with Crippen LogP contribution in [0.3, 0.4) is 0 Å². The number of carboxylic acids is 1. The van der Waals surface area contributed by atoms with Crippen LogP contribution in [0.15, 0.2) is 29.2 Å². The third-order valence-electron chi connectivity index (χ3n) is 2.05. The number of benzene rings is 1. The molecule has 1 aromatic carbocycles. The van der Waals surface area contributed by atoms with E-state index in [1.54, 1.807) is 18.2 Å². The summed E-state index contributed by atoms with van der Waals surface area (Å²) < 4.78 is 0. The van der Waals surface area contributed by atoms with E-state index in [9.17, 15) is 9.59 Å². The van der Waals surface area contributed by atoms with Gasteiger partial charge in [0.05, 0.1) is 5.56 Å². The van der Waals surface area contributed by atoms with Crippen LogP contribution in [-0.4, -0.2) is 29.3 Å². The van der Waals surface area contributed by atoms with Crippen molar-refractivity contribution in [3.05, 3.63) is 29.8 Å². The topological polar surface area (TPSA) is 66.4 Å². The van der Waals surface area contributed by atoms with E-state index in [4.69, 9.17) is 5.11 Å². The van der Waals surface area contributed by atoms with Crippen LogP contribution in [0, 0.1) is 0 Å². The number of carboxylic acid groups (broad SMARTS) is 1. The van der Waals surface area contributed by atoms with E-state index in [0.29, 0.717) is 18.7 Å². The highest BCUT2D eigenvalue weighted by Gasteiger charge is 2.04. The Labute approximate surface area is 104 Å². The molecule has 1 rings (SSSR count). The van der Waals surface area contributed by atoms with Gasteiger partial charge >= 0.3 is 5.97 Å². The van der Waals surface area contributed by atoms with E-state index in [1.165, 1.54) is 11.8 Å². The third kappa shape index (κ3) is 4.91. The molecule has 5 heteroatoms. The second-order valence-electron chi connectivity index (χ2n) is 3.38. The molecular weight excluding hydrogens is 238 g/mol. The summed E-state index contributed by atoms with van der Waals surface area (Å²) in [5, 5.41) is 11.5. The Balaban J connectivity index is 2.44. The predicted molar refractivity (Wildman–Crippen MR) is 67.4 cm³/mol. The van der Waals surface area contributed by atoms with Crippen molar-refractivity contribution in [2.24, 2.45) is 0 Å². The van der Waals surface area contributed by atoms with Crippen molar-refractivity contribution in [2.75, 3.05) is 12.3 Å². The molecule has 1 amide bonds. The van der Waals surface area contributed by atoms with Crippen molar-refractivity contribution in [3.63, 3.8) is 0 Å². The van der Waals surface area contributed by atoms with Gasteiger partial charge in [0.15, 0.2) is 0 Å². The molecule has 2 N–H and O–H groups in total. The van der Waals surface area contributed by atoms with Gasteiger partial charge in [-0.3, -0.25) is 4.79 Å². The number of thioether (sulfide) groups is 1. The minimum absolute atomic E-state index is 0.0226. The average molecular weight is 253 g/mol. The molecule has 4 nitrogen and oxygen atoms in total. The zero-order chi connectivity index (χ0) is 12.7. The van der Waals surface area contributed by atoms with Crippen molar-refractivity contribution >= 4 is 23.6 Å². The summed E-state index contributed by atoms with van der Waals surface area (Å²) in [5.74, 6) is -0.264. The summed E-state index contributed by atoms with van der Waals surface area (Å²) in [4.78, 5) is 22.8. The number of rotatable bonds is 6. The number of amides is 1. The van der Waals surface area contributed by atoms with Gasteiger partial charge in [-0.25, -0.2) is 4.79 Å². The molecule has 0 aromatic heterocycles. The lowest BCUT2D eigenvalue weighted by atomic mass is 10.2. The van der Waals surface area contributed by atoms with Gasteiger partial charge in [0.1, 0.15) is 0 Å². The summed E-state index contributed by atoms with van der Waals surface area (Å²) >= 11 is 1.48. The van der Waals surface area contributed by atoms with Gasteiger partial charge in [0.2, 0.25) is 5.91 Å². The van der Waals surface area contributed by atoms with Gasteiger partial charge in [-0.2, -0.15) is 0 Å². The number of hydrogen-bond acceptors (Lipinski definition) is 3. The molecule has 0 atom stereocenters. The van der Waals surface area contributed by atoms with Crippen molar-refractivity contribution in [1.29, 1.82) is 0 Å². The molecule has 17 heavy (non-hydrogen) atoms. The molecule has 0 saturated heterocycles. The normalized spacial score (nSPS) is 9.94. The summed E-state index contributed by atoms with van der Waals surface area (Å²) in [5.41, 5.74) is 0.271. The lowest BCUT2D eigenvalue weighted by molar-refractivity contribution is -0.120. The Kier molecular flexibility index (Phi) is 5.56. The lowest BCUT2D eigenvalue weighted by Gasteiger charge is -2.03. The second kappa shape index (κ2) is 6.96. The summed E-state index contributed by atoms with van der Waals surface area (Å²) in [7, 11) is 0. The molecule has 1 aromatic rings. The molecule has 0 unspecified atom stereocenters. The van der Waals surface area contributed by atoms with Gasteiger partial charge in [-0.05, 0) is 25.1 Å². The fraction of sp³-hybridized carbons (Fsp3) is 0.333. The molecule has 0 aliphatic rings. The highest BCUT2D eigenvalue weighted by Crippen LogP contribution is 2.19. The Morgan fingerprint density at radius 1 is 1.41 bits per heavy atom. The predicted octanol–water partition coefficient (Wildman–Crippen LogP) is 2.00. The Morgan fingerprint density at radius 3 is 2.82 bits per heavy atom. The zero-order valence-electron chi connectivity index (χ0n) is 9.60. The Bertz CT molecular complexity index is 406. The first kappa shape index (κ1) is 13.6. The lowest BCUT2D eigenvalue weighted by Crippen LogP contribution is -2.22. The minimum Gasteiger partial charge on any atom is -0.478 e. The van der Waals surface area contributed by atoms with E-state index in [1.807, 2.05) is 13.0 Å². The van der Waals surface area contributed by atoms with E-state index in [-0.39, 0.29) is 11.5 Å². The van der Waals surface area contributed by atoms with Crippen molar-refractivity contribution in [2.45, 2.75) is 18.2 Å². The van der Waals surface area contributed by atoms with Crippen molar-refractivity contribution < 1.29 is 14.7 Å². The van der Waals surface area contributed by atoms with Crippen LogP contribution in [0.2, 0.25) is 0 Å². The summed E-state index contributed by atoms with van der Waals surface area (Å²) in [6, 6.07) is 6.72. The fourth-order valence-electron chi connectivity index (χ4n) is 1.27. The standard InChI is InChI=1S/C12H15NO3S/c1-2-13-11(14)6-7-17-10-5-3-4-9(8-10)12(15)16/h3-5,8H,2,6-7H2,1H3,(H,13,14)(H,15,16). The largest absolute Gasteiger partial charge is 0.478 e. The van der Waals surface area contributed by atoms with Crippen molar-refractivity contribution in [3.8, 4) is 0 Å². The highest BCUT2D eigenvalue weighted by molar-refractivity contribution is 7.99. The van der Waals surface area contributed by atoms with Crippen LogP contribution < -0.4 is 5.32 Å². The van der Waals surface area contributed by atoms with E-state index in [2.05, 4.69) is 5.32 Å². The smallest absolute Gasteiger partial charge is 0.335 e. The van der Waals surface area contributed by atoms with Gasteiger partial charge in [0.25, 0.3) is 0 Å².